The van der Waals surface area contributed by atoms with Gasteiger partial charge in [-0.25, -0.2) is 9.97 Å². The molecule has 0 aliphatic carbocycles. The fraction of sp³-hybridized carbons (Fsp3) is 0. The van der Waals surface area contributed by atoms with Crippen molar-refractivity contribution in [2.75, 3.05) is 11.1 Å². The van der Waals surface area contributed by atoms with Crippen molar-refractivity contribution in [3.05, 3.63) is 47.9 Å². The van der Waals surface area contributed by atoms with Crippen LogP contribution in [0.15, 0.2) is 42.9 Å². The smallest absolute Gasteiger partial charge is 0.154 e. The van der Waals surface area contributed by atoms with Gasteiger partial charge in [0.25, 0.3) is 0 Å². The Morgan fingerprint density at radius 1 is 1.11 bits per heavy atom. The first-order chi connectivity index (χ1) is 9.24. The largest absolute Gasteiger partial charge is 0.382 e. The predicted octanol–water partition coefficient (Wildman–Crippen LogP) is 3.00. The highest BCUT2D eigenvalue weighted by Crippen LogP contribution is 2.27. The number of halogens is 1. The number of nitrogens with two attached hydrogens (primary N) is 1. The zero-order valence-electron chi connectivity index (χ0n) is 9.84. The lowest BCUT2D eigenvalue weighted by molar-refractivity contribution is 1.17. The molecule has 3 rings (SSSR count). The quantitative estimate of drug-likeness (QED) is 0.749. The third-order valence-electron chi connectivity index (χ3n) is 2.67. The van der Waals surface area contributed by atoms with Gasteiger partial charge in [-0.05, 0) is 12.1 Å². The molecule has 6 heteroatoms. The molecule has 2 heterocycles. The van der Waals surface area contributed by atoms with E-state index in [0.29, 0.717) is 10.8 Å². The molecule has 19 heavy (non-hydrogen) atoms. The Morgan fingerprint density at radius 2 is 1.95 bits per heavy atom. The number of hydrogen-bond acceptors (Lipinski definition) is 5. The summed E-state index contributed by atoms with van der Waals surface area (Å²) in [4.78, 5) is 12.2. The lowest BCUT2D eigenvalue weighted by Crippen LogP contribution is -1.99. The third-order valence-corrected chi connectivity index (χ3v) is 3.04. The van der Waals surface area contributed by atoms with Crippen LogP contribution >= 0.6 is 11.6 Å². The van der Waals surface area contributed by atoms with Crippen molar-refractivity contribution in [2.45, 2.75) is 0 Å². The molecule has 0 fully saturated rings. The summed E-state index contributed by atoms with van der Waals surface area (Å²) in [5, 5.41) is 4.41. The van der Waals surface area contributed by atoms with Crippen molar-refractivity contribution in [2.24, 2.45) is 0 Å². The van der Waals surface area contributed by atoms with E-state index in [1.807, 2.05) is 30.3 Å². The molecule has 0 saturated carbocycles. The van der Waals surface area contributed by atoms with E-state index in [1.165, 1.54) is 6.33 Å². The summed E-state index contributed by atoms with van der Waals surface area (Å²) in [6.07, 6.45) is 3.08. The van der Waals surface area contributed by atoms with Crippen LogP contribution in [0.2, 0.25) is 5.02 Å². The van der Waals surface area contributed by atoms with Gasteiger partial charge >= 0.3 is 0 Å². The molecule has 1 aromatic carbocycles. The van der Waals surface area contributed by atoms with Crippen molar-refractivity contribution in [3.8, 4) is 0 Å². The summed E-state index contributed by atoms with van der Waals surface area (Å²) in [5.74, 6) is 0.708. The highest BCUT2D eigenvalue weighted by molar-refractivity contribution is 6.35. The average Bonchev–Trinajstić information content (AvgIpc) is 2.44. The Bertz CT molecular complexity index is 744. The van der Waals surface area contributed by atoms with E-state index in [-0.39, 0.29) is 5.82 Å². The standard InChI is InChI=1S/C13H10ClN5/c14-11-12(15)17-7-18-13(11)19-9-5-8-3-1-2-4-10(8)16-6-9/h1-7H,(H3,15,17,18,19). The van der Waals surface area contributed by atoms with Crippen molar-refractivity contribution in [1.29, 1.82) is 0 Å². The second kappa shape index (κ2) is 4.70. The number of benzene rings is 1. The first kappa shape index (κ1) is 11.7. The van der Waals surface area contributed by atoms with Crippen LogP contribution in [0.1, 0.15) is 0 Å². The molecule has 0 bridgehead atoms. The van der Waals surface area contributed by atoms with Crippen LogP contribution in [0.3, 0.4) is 0 Å². The molecule has 94 valence electrons. The number of nitrogens with zero attached hydrogens (tertiary/aromatic N) is 3. The first-order valence-corrected chi connectivity index (χ1v) is 5.99. The van der Waals surface area contributed by atoms with Gasteiger partial charge < -0.3 is 11.1 Å². The van der Waals surface area contributed by atoms with E-state index < -0.39 is 0 Å². The van der Waals surface area contributed by atoms with Gasteiger partial charge in [-0.15, -0.1) is 0 Å². The van der Waals surface area contributed by atoms with E-state index in [9.17, 15) is 0 Å². The first-order valence-electron chi connectivity index (χ1n) is 5.62. The zero-order chi connectivity index (χ0) is 13.2. The highest BCUT2D eigenvalue weighted by atomic mass is 35.5. The molecule has 0 aliphatic rings. The fourth-order valence-corrected chi connectivity index (χ4v) is 1.89. The van der Waals surface area contributed by atoms with Crippen LogP contribution in [-0.2, 0) is 0 Å². The Hall–Kier alpha value is -2.40. The van der Waals surface area contributed by atoms with Crippen LogP contribution in [-0.4, -0.2) is 15.0 Å². The molecular weight excluding hydrogens is 262 g/mol. The molecule has 2 aromatic heterocycles. The van der Waals surface area contributed by atoms with Gasteiger partial charge in [0, 0.05) is 5.39 Å². The lowest BCUT2D eigenvalue weighted by atomic mass is 10.2. The second-order valence-electron chi connectivity index (χ2n) is 3.96. The average molecular weight is 272 g/mol. The topological polar surface area (TPSA) is 76.7 Å². The highest BCUT2D eigenvalue weighted by Gasteiger charge is 2.07. The molecule has 5 nitrogen and oxygen atoms in total. The molecule has 0 aliphatic heterocycles. The molecular formula is C13H10ClN5. The van der Waals surface area contributed by atoms with Crippen LogP contribution in [0, 0.1) is 0 Å². The summed E-state index contributed by atoms with van der Waals surface area (Å²) in [6.45, 7) is 0. The van der Waals surface area contributed by atoms with E-state index >= 15 is 0 Å². The maximum absolute atomic E-state index is 6.03. The lowest BCUT2D eigenvalue weighted by Gasteiger charge is -2.08. The van der Waals surface area contributed by atoms with Crippen LogP contribution in [0.4, 0.5) is 17.3 Å². The van der Waals surface area contributed by atoms with Crippen LogP contribution < -0.4 is 11.1 Å². The summed E-state index contributed by atoms with van der Waals surface area (Å²) in [5.41, 5.74) is 7.35. The van der Waals surface area contributed by atoms with Gasteiger partial charge in [0.15, 0.2) is 5.82 Å². The number of pyridine rings is 1. The monoisotopic (exact) mass is 271 g/mol. The maximum atomic E-state index is 6.03. The Balaban J connectivity index is 1.99. The molecule has 0 saturated heterocycles. The van der Waals surface area contributed by atoms with Crippen LogP contribution in [0.25, 0.3) is 10.9 Å². The normalized spacial score (nSPS) is 10.6. The molecule has 0 radical (unpaired) electrons. The Morgan fingerprint density at radius 3 is 2.84 bits per heavy atom. The summed E-state index contributed by atoms with van der Waals surface area (Å²) in [6, 6.07) is 9.82. The fourth-order valence-electron chi connectivity index (χ4n) is 1.75. The third kappa shape index (κ3) is 2.28. The van der Waals surface area contributed by atoms with E-state index in [1.54, 1.807) is 6.20 Å². The zero-order valence-corrected chi connectivity index (χ0v) is 10.6. The van der Waals surface area contributed by atoms with E-state index in [4.69, 9.17) is 17.3 Å². The number of nitrogens with one attached hydrogen (secondary N) is 1. The number of rotatable bonds is 2. The Labute approximate surface area is 114 Å². The molecule has 0 spiro atoms. The molecule has 0 atom stereocenters. The van der Waals surface area contributed by atoms with Crippen LogP contribution in [0.5, 0.6) is 0 Å². The van der Waals surface area contributed by atoms with Crippen molar-refractivity contribution < 1.29 is 0 Å². The number of para-hydroxylation sites is 1. The second-order valence-corrected chi connectivity index (χ2v) is 4.34. The van der Waals surface area contributed by atoms with Gasteiger partial charge in [-0.3, -0.25) is 4.98 Å². The van der Waals surface area contributed by atoms with Gasteiger partial charge in [0.1, 0.15) is 17.2 Å². The predicted molar refractivity (Wildman–Crippen MR) is 76.5 cm³/mol. The van der Waals surface area contributed by atoms with Gasteiger partial charge in [0.05, 0.1) is 17.4 Å². The van der Waals surface area contributed by atoms with Gasteiger partial charge in [-0.2, -0.15) is 0 Å². The molecule has 3 aromatic rings. The minimum absolute atomic E-state index is 0.243. The number of aromatic nitrogens is 3. The SMILES string of the molecule is Nc1ncnc(Nc2cnc3ccccc3c2)c1Cl. The van der Waals surface area contributed by atoms with Crippen molar-refractivity contribution in [3.63, 3.8) is 0 Å². The summed E-state index contributed by atoms with van der Waals surface area (Å²) >= 11 is 6.03. The van der Waals surface area contributed by atoms with E-state index in [0.717, 1.165) is 16.6 Å². The van der Waals surface area contributed by atoms with Gasteiger partial charge in [-0.1, -0.05) is 29.8 Å². The van der Waals surface area contributed by atoms with E-state index in [2.05, 4.69) is 20.3 Å². The molecule has 3 N–H and O–H groups in total. The summed E-state index contributed by atoms with van der Waals surface area (Å²) in [7, 11) is 0. The minimum atomic E-state index is 0.243. The van der Waals surface area contributed by atoms with Gasteiger partial charge in [0.2, 0.25) is 0 Å². The number of hydrogen-bond donors (Lipinski definition) is 2. The molecule has 0 amide bonds. The Kier molecular flexibility index (Phi) is 2.89. The number of nitrogen functional groups attached to an aromatic ring is 1. The number of fused-ring (bicyclic) bond motifs is 1. The minimum Gasteiger partial charge on any atom is -0.382 e. The van der Waals surface area contributed by atoms with Crippen molar-refractivity contribution in [1.82, 2.24) is 15.0 Å². The maximum Gasteiger partial charge on any atom is 0.154 e. The molecule has 0 unspecified atom stereocenters. The number of anilines is 3. The summed E-state index contributed by atoms with van der Waals surface area (Å²) < 4.78 is 0. The van der Waals surface area contributed by atoms with Crippen molar-refractivity contribution >= 4 is 39.8 Å².